The van der Waals surface area contributed by atoms with Crippen LogP contribution in [0, 0.1) is 6.92 Å². The van der Waals surface area contributed by atoms with E-state index in [2.05, 4.69) is 5.32 Å². The topological polar surface area (TPSA) is 78.9 Å². The fraction of sp³-hybridized carbons (Fsp3) is 0.467. The molecule has 1 aliphatic heterocycles. The van der Waals surface area contributed by atoms with E-state index in [1.165, 1.54) is 11.0 Å². The number of nitrogens with zero attached hydrogens (tertiary/aromatic N) is 1. The summed E-state index contributed by atoms with van der Waals surface area (Å²) in [7, 11) is 0. The van der Waals surface area contributed by atoms with E-state index in [0.717, 1.165) is 5.56 Å². The molecule has 1 heterocycles. The molecule has 2 rings (SSSR count). The van der Waals surface area contributed by atoms with Gasteiger partial charge in [0.05, 0.1) is 17.9 Å². The number of carbonyl (C=O) groups is 2. The normalized spacial score (nSPS) is 22.0. The smallest absolute Gasteiger partial charge is 0.314 e. The van der Waals surface area contributed by atoms with Crippen molar-refractivity contribution in [3.8, 4) is 5.75 Å². The van der Waals surface area contributed by atoms with Crippen molar-refractivity contribution in [2.45, 2.75) is 33.0 Å². The zero-order valence-corrected chi connectivity index (χ0v) is 12.4. The van der Waals surface area contributed by atoms with Crippen LogP contribution in [-0.2, 0) is 14.3 Å². The molecule has 1 aromatic carbocycles. The molecule has 2 N–H and O–H groups in total. The highest BCUT2D eigenvalue weighted by Gasteiger charge is 2.29. The average Bonchev–Trinajstić information content (AvgIpc) is 2.41. The highest BCUT2D eigenvalue weighted by atomic mass is 16.5. The van der Waals surface area contributed by atoms with Crippen LogP contribution in [0.3, 0.4) is 0 Å². The lowest BCUT2D eigenvalue weighted by Crippen LogP contribution is -2.51. The summed E-state index contributed by atoms with van der Waals surface area (Å²) in [5.74, 6) is -1.43. The van der Waals surface area contributed by atoms with Crippen molar-refractivity contribution in [1.29, 1.82) is 0 Å². The SMILES string of the molecule is Cc1ccc(O)c(NC(=O)C(=O)N2CC(C)OC(C)C2)c1. The third-order valence-corrected chi connectivity index (χ3v) is 3.30. The van der Waals surface area contributed by atoms with Crippen LogP contribution in [-0.4, -0.2) is 47.1 Å². The van der Waals surface area contributed by atoms with E-state index < -0.39 is 11.8 Å². The van der Waals surface area contributed by atoms with Crippen LogP contribution in [0.4, 0.5) is 5.69 Å². The number of phenols is 1. The third-order valence-electron chi connectivity index (χ3n) is 3.30. The number of carbonyl (C=O) groups excluding carboxylic acids is 2. The second-order valence-electron chi connectivity index (χ2n) is 5.44. The second-order valence-corrected chi connectivity index (χ2v) is 5.44. The summed E-state index contributed by atoms with van der Waals surface area (Å²) in [4.78, 5) is 25.7. The Morgan fingerprint density at radius 2 is 1.90 bits per heavy atom. The van der Waals surface area contributed by atoms with Crippen molar-refractivity contribution in [2.75, 3.05) is 18.4 Å². The maximum Gasteiger partial charge on any atom is 0.314 e. The molecule has 0 aromatic heterocycles. The van der Waals surface area contributed by atoms with E-state index in [1.807, 2.05) is 20.8 Å². The van der Waals surface area contributed by atoms with Crippen LogP contribution in [0.25, 0.3) is 0 Å². The average molecular weight is 292 g/mol. The summed E-state index contributed by atoms with van der Waals surface area (Å²) in [6.45, 7) is 6.33. The van der Waals surface area contributed by atoms with Crippen LogP contribution < -0.4 is 5.32 Å². The van der Waals surface area contributed by atoms with Crippen LogP contribution in [0.1, 0.15) is 19.4 Å². The first-order valence-corrected chi connectivity index (χ1v) is 6.92. The maximum absolute atomic E-state index is 12.2. The lowest BCUT2D eigenvalue weighted by Gasteiger charge is -2.34. The van der Waals surface area contributed by atoms with Gasteiger partial charge in [-0.15, -0.1) is 0 Å². The van der Waals surface area contributed by atoms with Crippen molar-refractivity contribution in [1.82, 2.24) is 4.90 Å². The molecule has 1 saturated heterocycles. The molecule has 2 amide bonds. The lowest BCUT2D eigenvalue weighted by molar-refractivity contribution is -0.151. The number of hydrogen-bond acceptors (Lipinski definition) is 4. The number of morpholine rings is 1. The molecule has 0 spiro atoms. The molecule has 0 bridgehead atoms. The fourth-order valence-electron chi connectivity index (χ4n) is 2.41. The molecule has 2 unspecified atom stereocenters. The van der Waals surface area contributed by atoms with Gasteiger partial charge in [-0.2, -0.15) is 0 Å². The van der Waals surface area contributed by atoms with E-state index >= 15 is 0 Å². The number of aryl methyl sites for hydroxylation is 1. The number of amides is 2. The molecule has 114 valence electrons. The summed E-state index contributed by atoms with van der Waals surface area (Å²) in [6, 6.07) is 4.82. The van der Waals surface area contributed by atoms with Crippen molar-refractivity contribution in [3.05, 3.63) is 23.8 Å². The Morgan fingerprint density at radius 1 is 1.29 bits per heavy atom. The molecule has 0 radical (unpaired) electrons. The van der Waals surface area contributed by atoms with Gasteiger partial charge in [0.25, 0.3) is 0 Å². The third kappa shape index (κ3) is 3.72. The minimum absolute atomic E-state index is 0.0644. The van der Waals surface area contributed by atoms with Gasteiger partial charge in [-0.25, -0.2) is 0 Å². The Morgan fingerprint density at radius 3 is 2.52 bits per heavy atom. The van der Waals surface area contributed by atoms with Gasteiger partial charge in [-0.05, 0) is 38.5 Å². The number of anilines is 1. The van der Waals surface area contributed by atoms with E-state index in [0.29, 0.717) is 13.1 Å². The number of ether oxygens (including phenoxy) is 1. The van der Waals surface area contributed by atoms with Gasteiger partial charge in [0, 0.05) is 13.1 Å². The first-order chi connectivity index (χ1) is 9.86. The van der Waals surface area contributed by atoms with Gasteiger partial charge in [0.1, 0.15) is 5.75 Å². The summed E-state index contributed by atoms with van der Waals surface area (Å²) in [5.41, 5.74) is 1.12. The van der Waals surface area contributed by atoms with Crippen LogP contribution in [0.2, 0.25) is 0 Å². The summed E-state index contributed by atoms with van der Waals surface area (Å²) in [6.07, 6.45) is -0.198. The predicted molar refractivity (Wildman–Crippen MR) is 78.1 cm³/mol. The Hall–Kier alpha value is -2.08. The largest absolute Gasteiger partial charge is 0.506 e. The number of phenolic OH excluding ortho intramolecular Hbond substituents is 1. The molecule has 6 nitrogen and oxygen atoms in total. The number of benzene rings is 1. The molecule has 1 aliphatic rings. The molecule has 6 heteroatoms. The van der Waals surface area contributed by atoms with Crippen molar-refractivity contribution >= 4 is 17.5 Å². The highest BCUT2D eigenvalue weighted by molar-refractivity contribution is 6.39. The van der Waals surface area contributed by atoms with Crippen molar-refractivity contribution in [2.24, 2.45) is 0 Å². The van der Waals surface area contributed by atoms with Gasteiger partial charge in [0.2, 0.25) is 0 Å². The molecule has 1 aromatic rings. The van der Waals surface area contributed by atoms with Crippen LogP contribution in [0.15, 0.2) is 18.2 Å². The monoisotopic (exact) mass is 292 g/mol. The highest BCUT2D eigenvalue weighted by Crippen LogP contribution is 2.24. The van der Waals surface area contributed by atoms with Crippen molar-refractivity contribution < 1.29 is 19.4 Å². The number of rotatable bonds is 1. The minimum atomic E-state index is -0.753. The van der Waals surface area contributed by atoms with Gasteiger partial charge in [0.15, 0.2) is 0 Å². The molecule has 2 atom stereocenters. The quantitative estimate of drug-likeness (QED) is 0.603. The number of nitrogens with one attached hydrogen (secondary N) is 1. The zero-order valence-electron chi connectivity index (χ0n) is 12.4. The van der Waals surface area contributed by atoms with Gasteiger partial charge < -0.3 is 20.1 Å². The van der Waals surface area contributed by atoms with Gasteiger partial charge in [-0.3, -0.25) is 9.59 Å². The molecular formula is C15H20N2O4. The van der Waals surface area contributed by atoms with E-state index in [4.69, 9.17) is 4.74 Å². The summed E-state index contributed by atoms with van der Waals surface area (Å²) >= 11 is 0. The summed E-state index contributed by atoms with van der Waals surface area (Å²) < 4.78 is 5.53. The first kappa shape index (κ1) is 15.3. The Balaban J connectivity index is 2.06. The molecular weight excluding hydrogens is 272 g/mol. The first-order valence-electron chi connectivity index (χ1n) is 6.92. The minimum Gasteiger partial charge on any atom is -0.506 e. The maximum atomic E-state index is 12.2. The summed E-state index contributed by atoms with van der Waals surface area (Å²) in [5, 5.41) is 12.2. The predicted octanol–water partition coefficient (Wildman–Crippen LogP) is 1.27. The van der Waals surface area contributed by atoms with Crippen molar-refractivity contribution in [3.63, 3.8) is 0 Å². The van der Waals surface area contributed by atoms with Gasteiger partial charge >= 0.3 is 11.8 Å². The van der Waals surface area contributed by atoms with Crippen LogP contribution in [0.5, 0.6) is 5.75 Å². The van der Waals surface area contributed by atoms with E-state index in [1.54, 1.807) is 12.1 Å². The molecule has 21 heavy (non-hydrogen) atoms. The molecule has 1 fully saturated rings. The lowest BCUT2D eigenvalue weighted by atomic mass is 10.2. The van der Waals surface area contributed by atoms with E-state index in [9.17, 15) is 14.7 Å². The van der Waals surface area contributed by atoms with Gasteiger partial charge in [-0.1, -0.05) is 6.07 Å². The molecule has 0 saturated carbocycles. The Labute approximate surface area is 123 Å². The van der Waals surface area contributed by atoms with E-state index in [-0.39, 0.29) is 23.6 Å². The zero-order chi connectivity index (χ0) is 15.6. The fourth-order valence-corrected chi connectivity index (χ4v) is 2.41. The number of hydrogen-bond donors (Lipinski definition) is 2. The number of aromatic hydroxyl groups is 1. The standard InChI is InChI=1S/C15H20N2O4/c1-9-4-5-13(18)12(6-9)16-14(19)15(20)17-7-10(2)21-11(3)8-17/h4-6,10-11,18H,7-8H2,1-3H3,(H,16,19). The Bertz CT molecular complexity index is 549. The Kier molecular flexibility index (Phi) is 4.47. The molecule has 0 aliphatic carbocycles. The second kappa shape index (κ2) is 6.13. The van der Waals surface area contributed by atoms with Crippen LogP contribution >= 0.6 is 0 Å².